The maximum absolute atomic E-state index is 6.12. The first-order valence-corrected chi connectivity index (χ1v) is 8.94. The van der Waals surface area contributed by atoms with Gasteiger partial charge in [-0.1, -0.05) is 37.6 Å². The van der Waals surface area contributed by atoms with Gasteiger partial charge in [0.1, 0.15) is 0 Å². The number of benzene rings is 1. The summed E-state index contributed by atoms with van der Waals surface area (Å²) < 4.78 is 0. The van der Waals surface area contributed by atoms with Crippen LogP contribution in [0.5, 0.6) is 0 Å². The van der Waals surface area contributed by atoms with Crippen molar-refractivity contribution in [1.82, 2.24) is 10.2 Å². The van der Waals surface area contributed by atoms with Gasteiger partial charge in [-0.3, -0.25) is 0 Å². The molecular formula is C16H25ClN2S. The standard InChI is InChI=1S/C16H25ClN2S/c1-3-18-16(14-5-4-6-15(17)11-14)7-8-19-9-10-20-13(2)12-19/h4-6,11,13,16,18H,3,7-10,12H2,1-2H3. The molecule has 0 amide bonds. The van der Waals surface area contributed by atoms with Gasteiger partial charge in [-0.25, -0.2) is 0 Å². The smallest absolute Gasteiger partial charge is 0.0409 e. The highest BCUT2D eigenvalue weighted by atomic mass is 35.5. The third-order valence-electron chi connectivity index (χ3n) is 3.76. The van der Waals surface area contributed by atoms with Gasteiger partial charge in [0.05, 0.1) is 0 Å². The lowest BCUT2D eigenvalue weighted by atomic mass is 10.0. The van der Waals surface area contributed by atoms with Gasteiger partial charge in [-0.15, -0.1) is 0 Å². The molecule has 2 atom stereocenters. The van der Waals surface area contributed by atoms with E-state index in [9.17, 15) is 0 Å². The van der Waals surface area contributed by atoms with Crippen LogP contribution in [0.2, 0.25) is 5.02 Å². The first-order chi connectivity index (χ1) is 9.69. The molecule has 2 nitrogen and oxygen atoms in total. The molecule has 0 aromatic heterocycles. The van der Waals surface area contributed by atoms with Crippen molar-refractivity contribution in [2.24, 2.45) is 0 Å². The van der Waals surface area contributed by atoms with E-state index in [1.165, 1.54) is 24.4 Å². The second-order valence-electron chi connectivity index (χ2n) is 5.44. The third kappa shape index (κ3) is 4.96. The first kappa shape index (κ1) is 16.2. The summed E-state index contributed by atoms with van der Waals surface area (Å²) >= 11 is 8.21. The van der Waals surface area contributed by atoms with Crippen molar-refractivity contribution in [3.05, 3.63) is 34.9 Å². The van der Waals surface area contributed by atoms with Crippen molar-refractivity contribution >= 4 is 23.4 Å². The molecule has 0 bridgehead atoms. The Morgan fingerprint density at radius 3 is 3.05 bits per heavy atom. The largest absolute Gasteiger partial charge is 0.310 e. The Balaban J connectivity index is 1.92. The van der Waals surface area contributed by atoms with E-state index in [4.69, 9.17) is 11.6 Å². The van der Waals surface area contributed by atoms with E-state index >= 15 is 0 Å². The number of nitrogens with one attached hydrogen (secondary N) is 1. The SMILES string of the molecule is CCNC(CCN1CCSC(C)C1)c1cccc(Cl)c1. The molecule has 0 spiro atoms. The molecule has 1 heterocycles. The maximum atomic E-state index is 6.12. The molecule has 4 heteroatoms. The van der Waals surface area contributed by atoms with Gasteiger partial charge in [0, 0.05) is 41.7 Å². The highest BCUT2D eigenvalue weighted by Gasteiger charge is 2.18. The summed E-state index contributed by atoms with van der Waals surface area (Å²) in [5, 5.41) is 5.18. The number of hydrogen-bond donors (Lipinski definition) is 1. The zero-order chi connectivity index (χ0) is 14.4. The van der Waals surface area contributed by atoms with Gasteiger partial charge >= 0.3 is 0 Å². The average Bonchev–Trinajstić information content (AvgIpc) is 2.43. The topological polar surface area (TPSA) is 15.3 Å². The first-order valence-electron chi connectivity index (χ1n) is 7.52. The molecule has 1 aliphatic rings. The molecule has 1 fully saturated rings. The van der Waals surface area contributed by atoms with Crippen molar-refractivity contribution in [3.8, 4) is 0 Å². The van der Waals surface area contributed by atoms with Crippen LogP contribution in [0.25, 0.3) is 0 Å². The van der Waals surface area contributed by atoms with Crippen LogP contribution in [-0.2, 0) is 0 Å². The molecule has 20 heavy (non-hydrogen) atoms. The number of halogens is 1. The van der Waals surface area contributed by atoms with E-state index in [0.29, 0.717) is 6.04 Å². The predicted molar refractivity (Wildman–Crippen MR) is 90.8 cm³/mol. The molecule has 0 aliphatic carbocycles. The second-order valence-corrected chi connectivity index (χ2v) is 7.42. The zero-order valence-electron chi connectivity index (χ0n) is 12.4. The lowest BCUT2D eigenvalue weighted by Gasteiger charge is -2.31. The molecule has 112 valence electrons. The maximum Gasteiger partial charge on any atom is 0.0409 e. The summed E-state index contributed by atoms with van der Waals surface area (Å²) in [5.41, 5.74) is 1.30. The van der Waals surface area contributed by atoms with Crippen LogP contribution in [0, 0.1) is 0 Å². The molecule has 0 radical (unpaired) electrons. The van der Waals surface area contributed by atoms with Gasteiger partial charge in [0.15, 0.2) is 0 Å². The summed E-state index contributed by atoms with van der Waals surface area (Å²) in [4.78, 5) is 2.59. The van der Waals surface area contributed by atoms with Crippen molar-refractivity contribution in [2.45, 2.75) is 31.6 Å². The number of hydrogen-bond acceptors (Lipinski definition) is 3. The highest BCUT2D eigenvalue weighted by Crippen LogP contribution is 2.23. The van der Waals surface area contributed by atoms with Crippen LogP contribution in [0.3, 0.4) is 0 Å². The van der Waals surface area contributed by atoms with Crippen LogP contribution in [0.4, 0.5) is 0 Å². The Morgan fingerprint density at radius 2 is 2.35 bits per heavy atom. The van der Waals surface area contributed by atoms with Crippen LogP contribution >= 0.6 is 23.4 Å². The van der Waals surface area contributed by atoms with E-state index < -0.39 is 0 Å². The van der Waals surface area contributed by atoms with Crippen LogP contribution < -0.4 is 5.32 Å². The molecule has 1 aromatic carbocycles. The Kier molecular flexibility index (Phi) is 6.69. The van der Waals surface area contributed by atoms with Gasteiger partial charge in [0.2, 0.25) is 0 Å². The molecule has 0 saturated carbocycles. The fourth-order valence-electron chi connectivity index (χ4n) is 2.76. The summed E-state index contributed by atoms with van der Waals surface area (Å²) in [6.45, 7) is 9.09. The van der Waals surface area contributed by atoms with E-state index in [0.717, 1.165) is 29.8 Å². The Labute approximate surface area is 132 Å². The van der Waals surface area contributed by atoms with Crippen LogP contribution in [-0.4, -0.2) is 42.1 Å². The quantitative estimate of drug-likeness (QED) is 0.859. The minimum Gasteiger partial charge on any atom is -0.310 e. The fraction of sp³-hybridized carbons (Fsp3) is 0.625. The molecular weight excluding hydrogens is 288 g/mol. The molecule has 1 saturated heterocycles. The molecule has 2 rings (SSSR count). The fourth-order valence-corrected chi connectivity index (χ4v) is 4.04. The van der Waals surface area contributed by atoms with Crippen molar-refractivity contribution in [2.75, 3.05) is 31.9 Å². The Morgan fingerprint density at radius 1 is 1.50 bits per heavy atom. The minimum absolute atomic E-state index is 0.406. The summed E-state index contributed by atoms with van der Waals surface area (Å²) in [5.74, 6) is 1.27. The predicted octanol–water partition coefficient (Wildman–Crippen LogP) is 3.82. The van der Waals surface area contributed by atoms with Crippen molar-refractivity contribution in [3.63, 3.8) is 0 Å². The van der Waals surface area contributed by atoms with Gasteiger partial charge in [-0.2, -0.15) is 11.8 Å². The highest BCUT2D eigenvalue weighted by molar-refractivity contribution is 7.99. The van der Waals surface area contributed by atoms with Crippen LogP contribution in [0.15, 0.2) is 24.3 Å². The van der Waals surface area contributed by atoms with Gasteiger partial charge in [0.25, 0.3) is 0 Å². The normalized spacial score (nSPS) is 21.9. The van der Waals surface area contributed by atoms with Crippen molar-refractivity contribution < 1.29 is 0 Å². The number of nitrogens with zero attached hydrogens (tertiary/aromatic N) is 1. The monoisotopic (exact) mass is 312 g/mol. The van der Waals surface area contributed by atoms with Gasteiger partial charge < -0.3 is 10.2 Å². The number of rotatable bonds is 6. The summed E-state index contributed by atoms with van der Waals surface area (Å²) in [7, 11) is 0. The molecule has 2 unspecified atom stereocenters. The van der Waals surface area contributed by atoms with E-state index in [-0.39, 0.29) is 0 Å². The van der Waals surface area contributed by atoms with Crippen LogP contribution in [0.1, 0.15) is 31.9 Å². The summed E-state index contributed by atoms with van der Waals surface area (Å²) in [6, 6.07) is 8.65. The molecule has 1 N–H and O–H groups in total. The van der Waals surface area contributed by atoms with E-state index in [2.05, 4.69) is 48.0 Å². The van der Waals surface area contributed by atoms with E-state index in [1.807, 2.05) is 12.1 Å². The lowest BCUT2D eigenvalue weighted by Crippen LogP contribution is -2.38. The van der Waals surface area contributed by atoms with E-state index in [1.54, 1.807) is 0 Å². The third-order valence-corrected chi connectivity index (χ3v) is 5.13. The summed E-state index contributed by atoms with van der Waals surface area (Å²) in [6.07, 6.45) is 1.14. The molecule has 1 aromatic rings. The minimum atomic E-state index is 0.406. The zero-order valence-corrected chi connectivity index (χ0v) is 14.0. The number of thioether (sulfide) groups is 1. The Hall–Kier alpha value is -0.220. The average molecular weight is 313 g/mol. The van der Waals surface area contributed by atoms with Crippen molar-refractivity contribution in [1.29, 1.82) is 0 Å². The lowest BCUT2D eigenvalue weighted by molar-refractivity contribution is 0.268. The molecule has 1 aliphatic heterocycles. The second kappa shape index (κ2) is 8.28. The van der Waals surface area contributed by atoms with Gasteiger partial charge in [-0.05, 0) is 30.7 Å². The Bertz CT molecular complexity index is 413.